The molecule has 1 aliphatic heterocycles. The van der Waals surface area contributed by atoms with Gasteiger partial charge in [-0.2, -0.15) is 0 Å². The van der Waals surface area contributed by atoms with Gasteiger partial charge in [0.2, 0.25) is 5.91 Å². The van der Waals surface area contributed by atoms with Gasteiger partial charge < -0.3 is 5.32 Å². The Bertz CT molecular complexity index is 743. The van der Waals surface area contributed by atoms with Gasteiger partial charge in [0.05, 0.1) is 0 Å². The van der Waals surface area contributed by atoms with Crippen molar-refractivity contribution >= 4 is 11.9 Å². The van der Waals surface area contributed by atoms with Crippen LogP contribution in [0.15, 0.2) is 60.7 Å². The summed E-state index contributed by atoms with van der Waals surface area (Å²) in [7, 11) is 1.50. The summed E-state index contributed by atoms with van der Waals surface area (Å²) in [6.07, 6.45) is 0. The van der Waals surface area contributed by atoms with Gasteiger partial charge in [-0.15, -0.1) is 0 Å². The van der Waals surface area contributed by atoms with Gasteiger partial charge >= 0.3 is 6.03 Å². The van der Waals surface area contributed by atoms with Crippen molar-refractivity contribution in [3.05, 3.63) is 71.8 Å². The first kappa shape index (κ1) is 19.1. The highest BCUT2D eigenvalue weighted by Gasteiger charge is 2.31. The number of piperazine rings is 1. The second-order valence-electron chi connectivity index (χ2n) is 6.68. The summed E-state index contributed by atoms with van der Waals surface area (Å²) in [5.74, 6) is -0.294. The molecule has 0 aromatic heterocycles. The zero-order valence-electron chi connectivity index (χ0n) is 15.6. The molecule has 6 nitrogen and oxygen atoms in total. The Balaban J connectivity index is 1.67. The highest BCUT2D eigenvalue weighted by molar-refractivity contribution is 5.97. The number of hydrogen-bond donors (Lipinski definition) is 2. The molecule has 1 aliphatic rings. The third-order valence-electron chi connectivity index (χ3n) is 4.85. The van der Waals surface area contributed by atoms with Crippen molar-refractivity contribution in [2.45, 2.75) is 12.6 Å². The van der Waals surface area contributed by atoms with Crippen LogP contribution in [0, 0.1) is 0 Å². The van der Waals surface area contributed by atoms with E-state index in [2.05, 4.69) is 44.7 Å². The minimum absolute atomic E-state index is 0.294. The van der Waals surface area contributed by atoms with Crippen molar-refractivity contribution in [1.29, 1.82) is 0 Å². The van der Waals surface area contributed by atoms with Crippen LogP contribution in [-0.2, 0) is 11.3 Å². The zero-order valence-corrected chi connectivity index (χ0v) is 15.6. The highest BCUT2D eigenvalue weighted by atomic mass is 16.2. The number of nitrogens with zero attached hydrogens (tertiary/aromatic N) is 2. The molecule has 2 aromatic carbocycles. The van der Waals surface area contributed by atoms with E-state index < -0.39 is 12.1 Å². The van der Waals surface area contributed by atoms with E-state index in [9.17, 15) is 9.59 Å². The molecule has 6 heteroatoms. The molecule has 1 unspecified atom stereocenters. The number of amides is 3. The Hall–Kier alpha value is -2.70. The predicted octanol–water partition coefficient (Wildman–Crippen LogP) is 2.00. The first-order chi connectivity index (χ1) is 13.2. The third kappa shape index (κ3) is 5.15. The van der Waals surface area contributed by atoms with E-state index in [1.54, 1.807) is 0 Å². The fourth-order valence-electron chi connectivity index (χ4n) is 3.43. The number of carbonyl (C=O) groups excluding carboxylic acids is 2. The van der Waals surface area contributed by atoms with E-state index in [0.29, 0.717) is 0 Å². The molecule has 0 spiro atoms. The Morgan fingerprint density at radius 3 is 2.11 bits per heavy atom. The molecular weight excluding hydrogens is 340 g/mol. The summed E-state index contributed by atoms with van der Waals surface area (Å²) >= 11 is 0. The lowest BCUT2D eigenvalue weighted by Gasteiger charge is -2.38. The molecule has 1 heterocycles. The van der Waals surface area contributed by atoms with Crippen LogP contribution in [0.1, 0.15) is 17.2 Å². The third-order valence-corrected chi connectivity index (χ3v) is 4.85. The fourth-order valence-corrected chi connectivity index (χ4v) is 3.43. The summed E-state index contributed by atoms with van der Waals surface area (Å²) in [4.78, 5) is 28.9. The van der Waals surface area contributed by atoms with Crippen LogP contribution in [0.3, 0.4) is 0 Å². The molecule has 2 N–H and O–H groups in total. The highest BCUT2D eigenvalue weighted by Crippen LogP contribution is 2.23. The van der Waals surface area contributed by atoms with Crippen molar-refractivity contribution in [1.82, 2.24) is 20.4 Å². The lowest BCUT2D eigenvalue weighted by molar-refractivity contribution is -0.126. The molecule has 142 valence electrons. The number of imide groups is 1. The van der Waals surface area contributed by atoms with Crippen molar-refractivity contribution in [2.24, 2.45) is 0 Å². The fraction of sp³-hybridized carbons (Fsp3) is 0.333. The number of urea groups is 1. The average Bonchev–Trinajstić information content (AvgIpc) is 2.71. The smallest absolute Gasteiger partial charge is 0.321 e. The Morgan fingerprint density at radius 2 is 1.52 bits per heavy atom. The molecule has 1 saturated heterocycles. The second kappa shape index (κ2) is 9.30. The monoisotopic (exact) mass is 366 g/mol. The minimum Gasteiger partial charge on any atom is -0.341 e. The van der Waals surface area contributed by atoms with Crippen LogP contribution in [0.2, 0.25) is 0 Å². The standard InChI is InChI=1S/C21H26N4O2/c1-22-21(27)23-20(26)19(18-10-6-3-7-11-18)25-14-12-24(13-15-25)16-17-8-4-2-5-9-17/h2-11,19H,12-16H2,1H3,(H2,22,23,26,27). The van der Waals surface area contributed by atoms with Crippen molar-refractivity contribution < 1.29 is 9.59 Å². The largest absolute Gasteiger partial charge is 0.341 e. The van der Waals surface area contributed by atoms with E-state index in [1.165, 1.54) is 12.6 Å². The van der Waals surface area contributed by atoms with Gasteiger partial charge in [0, 0.05) is 39.8 Å². The summed E-state index contributed by atoms with van der Waals surface area (Å²) in [5, 5.41) is 4.87. The first-order valence-corrected chi connectivity index (χ1v) is 9.25. The second-order valence-corrected chi connectivity index (χ2v) is 6.68. The maximum absolute atomic E-state index is 12.8. The van der Waals surface area contributed by atoms with E-state index >= 15 is 0 Å². The molecule has 1 atom stereocenters. The van der Waals surface area contributed by atoms with E-state index in [4.69, 9.17) is 0 Å². The summed E-state index contributed by atoms with van der Waals surface area (Å²) in [6.45, 7) is 4.22. The van der Waals surface area contributed by atoms with Crippen molar-refractivity contribution in [3.8, 4) is 0 Å². The first-order valence-electron chi connectivity index (χ1n) is 9.25. The van der Waals surface area contributed by atoms with Gasteiger partial charge in [-0.25, -0.2) is 4.79 Å². The number of carbonyl (C=O) groups is 2. The summed E-state index contributed by atoms with van der Waals surface area (Å²) in [5.41, 5.74) is 2.19. The molecule has 0 bridgehead atoms. The van der Waals surface area contributed by atoms with E-state index in [1.807, 2.05) is 36.4 Å². The van der Waals surface area contributed by atoms with Crippen LogP contribution in [0.25, 0.3) is 0 Å². The SMILES string of the molecule is CNC(=O)NC(=O)C(c1ccccc1)N1CCN(Cc2ccccc2)CC1. The Morgan fingerprint density at radius 1 is 0.926 bits per heavy atom. The summed E-state index contributed by atoms with van der Waals surface area (Å²) in [6, 6.07) is 19.1. The van der Waals surface area contributed by atoms with E-state index in [0.717, 1.165) is 38.3 Å². The lowest BCUT2D eigenvalue weighted by Crippen LogP contribution is -2.52. The normalized spacial score (nSPS) is 16.5. The van der Waals surface area contributed by atoms with Crippen molar-refractivity contribution in [2.75, 3.05) is 33.2 Å². The van der Waals surface area contributed by atoms with Gasteiger partial charge in [0.1, 0.15) is 6.04 Å². The Labute approximate surface area is 160 Å². The number of benzene rings is 2. The molecule has 27 heavy (non-hydrogen) atoms. The number of nitrogens with one attached hydrogen (secondary N) is 2. The lowest BCUT2D eigenvalue weighted by atomic mass is 10.0. The van der Waals surface area contributed by atoms with Crippen LogP contribution in [-0.4, -0.2) is 55.0 Å². The van der Waals surface area contributed by atoms with Gasteiger partial charge in [-0.1, -0.05) is 60.7 Å². The quantitative estimate of drug-likeness (QED) is 0.850. The van der Waals surface area contributed by atoms with E-state index in [-0.39, 0.29) is 5.91 Å². The molecule has 0 radical (unpaired) electrons. The molecule has 0 aliphatic carbocycles. The van der Waals surface area contributed by atoms with Gasteiger partial charge in [-0.3, -0.25) is 19.9 Å². The molecule has 3 amide bonds. The molecule has 3 rings (SSSR count). The van der Waals surface area contributed by atoms with Crippen LogP contribution < -0.4 is 10.6 Å². The van der Waals surface area contributed by atoms with Gasteiger partial charge in [0.25, 0.3) is 0 Å². The molecular formula is C21H26N4O2. The van der Waals surface area contributed by atoms with Crippen LogP contribution >= 0.6 is 0 Å². The summed E-state index contributed by atoms with van der Waals surface area (Å²) < 4.78 is 0. The van der Waals surface area contributed by atoms with Gasteiger partial charge in [-0.05, 0) is 11.1 Å². The topological polar surface area (TPSA) is 64.7 Å². The molecule has 1 fully saturated rings. The minimum atomic E-state index is -0.483. The maximum atomic E-state index is 12.8. The predicted molar refractivity (Wildman–Crippen MR) is 105 cm³/mol. The van der Waals surface area contributed by atoms with Gasteiger partial charge in [0.15, 0.2) is 0 Å². The zero-order chi connectivity index (χ0) is 19.1. The average molecular weight is 366 g/mol. The molecule has 2 aromatic rings. The number of hydrogen-bond acceptors (Lipinski definition) is 4. The van der Waals surface area contributed by atoms with Crippen LogP contribution in [0.5, 0.6) is 0 Å². The van der Waals surface area contributed by atoms with Crippen LogP contribution in [0.4, 0.5) is 4.79 Å². The van der Waals surface area contributed by atoms with Crippen molar-refractivity contribution in [3.63, 3.8) is 0 Å². The Kier molecular flexibility index (Phi) is 6.57. The number of rotatable bonds is 5. The molecule has 0 saturated carbocycles. The maximum Gasteiger partial charge on any atom is 0.321 e.